The van der Waals surface area contributed by atoms with E-state index in [9.17, 15) is 4.79 Å². The van der Waals surface area contributed by atoms with E-state index >= 15 is 0 Å². The molecule has 0 rings (SSSR count). The number of rotatable bonds is 8. The first-order valence-corrected chi connectivity index (χ1v) is 4.84. The SMILES string of the molecule is CCCCOCCCC(C)C=O. The Labute approximate surface area is 75.3 Å². The van der Waals surface area contributed by atoms with Crippen LogP contribution in [0.4, 0.5) is 0 Å². The summed E-state index contributed by atoms with van der Waals surface area (Å²) in [5.74, 6) is 0.194. The third kappa shape index (κ3) is 7.73. The first kappa shape index (κ1) is 11.6. The lowest BCUT2D eigenvalue weighted by molar-refractivity contribution is -0.110. The summed E-state index contributed by atoms with van der Waals surface area (Å²) < 4.78 is 5.35. The van der Waals surface area contributed by atoms with Crippen LogP contribution in [0.15, 0.2) is 0 Å². The van der Waals surface area contributed by atoms with Crippen molar-refractivity contribution >= 4 is 6.29 Å². The second-order valence-electron chi connectivity index (χ2n) is 3.22. The number of carbonyl (C=O) groups excluding carboxylic acids is 1. The number of unbranched alkanes of at least 4 members (excludes halogenated alkanes) is 1. The van der Waals surface area contributed by atoms with E-state index in [4.69, 9.17) is 4.74 Å². The summed E-state index contributed by atoms with van der Waals surface area (Å²) in [6, 6.07) is 0. The Balaban J connectivity index is 2.95. The lowest BCUT2D eigenvalue weighted by Crippen LogP contribution is -2.01. The fourth-order valence-corrected chi connectivity index (χ4v) is 0.924. The molecule has 0 saturated carbocycles. The van der Waals surface area contributed by atoms with Crippen molar-refractivity contribution in [1.82, 2.24) is 0 Å². The molecule has 0 radical (unpaired) electrons. The zero-order valence-electron chi connectivity index (χ0n) is 8.21. The molecule has 0 aromatic carbocycles. The molecule has 0 heterocycles. The van der Waals surface area contributed by atoms with Crippen LogP contribution in [0.5, 0.6) is 0 Å². The van der Waals surface area contributed by atoms with E-state index in [2.05, 4.69) is 6.92 Å². The Morgan fingerprint density at radius 3 is 2.58 bits per heavy atom. The Hall–Kier alpha value is -0.370. The van der Waals surface area contributed by atoms with Crippen LogP contribution in [-0.2, 0) is 9.53 Å². The van der Waals surface area contributed by atoms with Gasteiger partial charge in [-0.05, 0) is 19.3 Å². The molecule has 2 heteroatoms. The van der Waals surface area contributed by atoms with E-state index in [0.29, 0.717) is 0 Å². The molecule has 2 nitrogen and oxygen atoms in total. The van der Waals surface area contributed by atoms with Gasteiger partial charge in [-0.15, -0.1) is 0 Å². The maximum absolute atomic E-state index is 10.2. The molecule has 0 aromatic heterocycles. The summed E-state index contributed by atoms with van der Waals surface area (Å²) in [5.41, 5.74) is 0. The van der Waals surface area contributed by atoms with Crippen LogP contribution < -0.4 is 0 Å². The van der Waals surface area contributed by atoms with Gasteiger partial charge in [0, 0.05) is 19.1 Å². The van der Waals surface area contributed by atoms with Gasteiger partial charge in [0.1, 0.15) is 6.29 Å². The van der Waals surface area contributed by atoms with Crippen molar-refractivity contribution in [1.29, 1.82) is 0 Å². The lowest BCUT2D eigenvalue weighted by Gasteiger charge is -2.04. The van der Waals surface area contributed by atoms with Crippen LogP contribution in [0.1, 0.15) is 39.5 Å². The van der Waals surface area contributed by atoms with Crippen LogP contribution >= 0.6 is 0 Å². The van der Waals surface area contributed by atoms with Crippen LogP contribution in [0, 0.1) is 5.92 Å². The smallest absolute Gasteiger partial charge is 0.122 e. The van der Waals surface area contributed by atoms with E-state index < -0.39 is 0 Å². The Morgan fingerprint density at radius 2 is 2.00 bits per heavy atom. The van der Waals surface area contributed by atoms with Gasteiger partial charge >= 0.3 is 0 Å². The van der Waals surface area contributed by atoms with Crippen molar-refractivity contribution in [2.24, 2.45) is 5.92 Å². The van der Waals surface area contributed by atoms with E-state index in [1.165, 1.54) is 6.42 Å². The van der Waals surface area contributed by atoms with E-state index in [0.717, 1.165) is 38.8 Å². The maximum Gasteiger partial charge on any atom is 0.122 e. The van der Waals surface area contributed by atoms with Crippen molar-refractivity contribution in [2.75, 3.05) is 13.2 Å². The molecule has 0 bridgehead atoms. The van der Waals surface area contributed by atoms with Crippen molar-refractivity contribution in [2.45, 2.75) is 39.5 Å². The molecule has 0 amide bonds. The van der Waals surface area contributed by atoms with E-state index in [1.54, 1.807) is 0 Å². The first-order chi connectivity index (χ1) is 5.81. The third-order valence-electron chi connectivity index (χ3n) is 1.82. The van der Waals surface area contributed by atoms with Gasteiger partial charge < -0.3 is 9.53 Å². The summed E-state index contributed by atoms with van der Waals surface area (Å²) in [6.07, 6.45) is 5.29. The Bertz CT molecular complexity index is 102. The minimum Gasteiger partial charge on any atom is -0.381 e. The fourth-order valence-electron chi connectivity index (χ4n) is 0.924. The molecule has 0 aliphatic heterocycles. The molecule has 72 valence electrons. The standard InChI is InChI=1S/C10H20O2/c1-3-4-7-12-8-5-6-10(2)9-11/h9-10H,3-8H2,1-2H3. The summed E-state index contributed by atoms with van der Waals surface area (Å²) in [6.45, 7) is 5.76. The number of hydrogen-bond donors (Lipinski definition) is 0. The zero-order chi connectivity index (χ0) is 9.23. The topological polar surface area (TPSA) is 26.3 Å². The first-order valence-electron chi connectivity index (χ1n) is 4.84. The van der Waals surface area contributed by atoms with Crippen LogP contribution in [0.3, 0.4) is 0 Å². The minimum atomic E-state index is 0.194. The van der Waals surface area contributed by atoms with Crippen LogP contribution in [-0.4, -0.2) is 19.5 Å². The number of aldehydes is 1. The molecule has 0 fully saturated rings. The van der Waals surface area contributed by atoms with Gasteiger partial charge in [-0.3, -0.25) is 0 Å². The zero-order valence-corrected chi connectivity index (χ0v) is 8.21. The van der Waals surface area contributed by atoms with Gasteiger partial charge in [0.25, 0.3) is 0 Å². The minimum absolute atomic E-state index is 0.194. The Morgan fingerprint density at radius 1 is 1.33 bits per heavy atom. The molecule has 1 atom stereocenters. The Kier molecular flexibility index (Phi) is 8.46. The molecule has 0 saturated heterocycles. The largest absolute Gasteiger partial charge is 0.381 e. The van der Waals surface area contributed by atoms with Gasteiger partial charge in [0.2, 0.25) is 0 Å². The van der Waals surface area contributed by atoms with Crippen molar-refractivity contribution in [3.05, 3.63) is 0 Å². The van der Waals surface area contributed by atoms with Crippen molar-refractivity contribution < 1.29 is 9.53 Å². The molecule has 0 N–H and O–H groups in total. The fraction of sp³-hybridized carbons (Fsp3) is 0.900. The predicted octanol–water partition coefficient (Wildman–Crippen LogP) is 2.42. The van der Waals surface area contributed by atoms with Gasteiger partial charge in [-0.2, -0.15) is 0 Å². The molecule has 0 aliphatic rings. The summed E-state index contributed by atoms with van der Waals surface area (Å²) in [4.78, 5) is 10.2. The van der Waals surface area contributed by atoms with Gasteiger partial charge in [0.15, 0.2) is 0 Å². The molecule has 0 spiro atoms. The molecule has 0 aromatic rings. The number of hydrogen-bond acceptors (Lipinski definition) is 2. The lowest BCUT2D eigenvalue weighted by atomic mass is 10.1. The highest BCUT2D eigenvalue weighted by Gasteiger charge is 1.97. The average Bonchev–Trinajstić information content (AvgIpc) is 2.10. The average molecular weight is 172 g/mol. The maximum atomic E-state index is 10.2. The van der Waals surface area contributed by atoms with Gasteiger partial charge in [-0.25, -0.2) is 0 Å². The highest BCUT2D eigenvalue weighted by atomic mass is 16.5. The van der Waals surface area contributed by atoms with Gasteiger partial charge in [-0.1, -0.05) is 20.3 Å². The molecular weight excluding hydrogens is 152 g/mol. The quantitative estimate of drug-likeness (QED) is 0.415. The normalized spacial score (nSPS) is 12.8. The van der Waals surface area contributed by atoms with Crippen LogP contribution in [0.25, 0.3) is 0 Å². The molecule has 0 aliphatic carbocycles. The highest BCUT2D eigenvalue weighted by molar-refractivity contribution is 5.52. The van der Waals surface area contributed by atoms with Gasteiger partial charge in [0.05, 0.1) is 0 Å². The third-order valence-corrected chi connectivity index (χ3v) is 1.82. The second kappa shape index (κ2) is 8.72. The summed E-state index contributed by atoms with van der Waals surface area (Å²) >= 11 is 0. The number of ether oxygens (including phenoxy) is 1. The monoisotopic (exact) mass is 172 g/mol. The summed E-state index contributed by atoms with van der Waals surface area (Å²) in [5, 5.41) is 0. The highest BCUT2D eigenvalue weighted by Crippen LogP contribution is 2.01. The number of carbonyl (C=O) groups is 1. The van der Waals surface area contributed by atoms with E-state index in [1.807, 2.05) is 6.92 Å². The van der Waals surface area contributed by atoms with Crippen molar-refractivity contribution in [3.8, 4) is 0 Å². The molecule has 1 unspecified atom stereocenters. The predicted molar refractivity (Wildman–Crippen MR) is 50.2 cm³/mol. The van der Waals surface area contributed by atoms with Crippen molar-refractivity contribution in [3.63, 3.8) is 0 Å². The van der Waals surface area contributed by atoms with Crippen LogP contribution in [0.2, 0.25) is 0 Å². The summed E-state index contributed by atoms with van der Waals surface area (Å²) in [7, 11) is 0. The second-order valence-corrected chi connectivity index (χ2v) is 3.22. The molecular formula is C10H20O2. The molecule has 12 heavy (non-hydrogen) atoms. The van der Waals surface area contributed by atoms with E-state index in [-0.39, 0.29) is 5.92 Å².